The van der Waals surface area contributed by atoms with Crippen molar-refractivity contribution < 1.29 is 53.2 Å². The van der Waals surface area contributed by atoms with Gasteiger partial charge in [0.2, 0.25) is 29.5 Å². The maximum absolute atomic E-state index is 12.3. The fraction of sp³-hybridized carbons (Fsp3) is 0.626. The second kappa shape index (κ2) is 56.4. The van der Waals surface area contributed by atoms with E-state index in [0.717, 1.165) is 140 Å². The molecule has 16 atom stereocenters. The highest BCUT2D eigenvalue weighted by molar-refractivity contribution is 14.1. The number of carboxylic acids is 1. The second-order valence-corrected chi connectivity index (χ2v) is 34.4. The average molecular weight is 1700 g/mol. The number of carbonyl (C=O) groups is 6. The van der Waals surface area contributed by atoms with Crippen molar-refractivity contribution in [2.75, 3.05) is 91.5 Å². The van der Waals surface area contributed by atoms with E-state index in [2.05, 4.69) is 175 Å². The van der Waals surface area contributed by atoms with Crippen LogP contribution >= 0.6 is 38.5 Å². The minimum absolute atomic E-state index is 0.0966. The van der Waals surface area contributed by atoms with Gasteiger partial charge in [0.15, 0.2) is 0 Å². The predicted molar refractivity (Wildman–Crippen MR) is 462 cm³/mol. The molecule has 0 saturated carbocycles. The van der Waals surface area contributed by atoms with Crippen molar-refractivity contribution in [2.24, 2.45) is 70.8 Å². The van der Waals surface area contributed by atoms with Crippen molar-refractivity contribution >= 4 is 74.0 Å². The number of alkyl halides is 2. The smallest absolute Gasteiger partial charge is 0.303 e. The van der Waals surface area contributed by atoms with Gasteiger partial charge in [0.1, 0.15) is 0 Å². The summed E-state index contributed by atoms with van der Waals surface area (Å²) in [4.78, 5) is 78.7. The molecule has 5 aliphatic heterocycles. The molecule has 4 aromatic rings. The van der Waals surface area contributed by atoms with Crippen molar-refractivity contribution in [3.63, 3.8) is 0 Å². The number of aliphatic hydroxyl groups excluding tert-OH is 1. The number of nitrogens with zero attached hydrogens (tertiary/aromatic N) is 4. The van der Waals surface area contributed by atoms with Crippen LogP contribution in [0.3, 0.4) is 0 Å². The Balaban J connectivity index is 0.000000339. The molecular formula is C91H142BrIN6O11. The van der Waals surface area contributed by atoms with Crippen LogP contribution in [-0.2, 0) is 43.0 Å². The summed E-state index contributed by atoms with van der Waals surface area (Å²) in [6.45, 7) is 36.4. The first-order valence-corrected chi connectivity index (χ1v) is 43.2. The summed E-state index contributed by atoms with van der Waals surface area (Å²) < 4.78 is 16.2. The van der Waals surface area contributed by atoms with Crippen LogP contribution in [0.5, 0.6) is 0 Å². The first kappa shape index (κ1) is 98.4. The van der Waals surface area contributed by atoms with E-state index in [4.69, 9.17) is 30.2 Å². The van der Waals surface area contributed by atoms with Gasteiger partial charge in [0.25, 0.3) is 0 Å². The van der Waals surface area contributed by atoms with E-state index >= 15 is 0 Å². The molecule has 5 heterocycles. The highest BCUT2D eigenvalue weighted by Gasteiger charge is 2.37. The molecule has 4 aromatic carbocycles. The van der Waals surface area contributed by atoms with Crippen molar-refractivity contribution in [3.05, 3.63) is 169 Å². The Hall–Kier alpha value is -5.81. The molecule has 0 bridgehead atoms. The van der Waals surface area contributed by atoms with Crippen molar-refractivity contribution in [1.29, 1.82) is 0 Å². The zero-order valence-electron chi connectivity index (χ0n) is 69.3. The molecule has 0 aliphatic carbocycles. The van der Waals surface area contributed by atoms with Gasteiger partial charge in [-0.2, -0.15) is 0 Å². The van der Waals surface area contributed by atoms with Crippen molar-refractivity contribution in [3.8, 4) is 0 Å². The monoisotopic (exact) mass is 1700 g/mol. The number of nitrogens with two attached hydrogens (primary N) is 1. The summed E-state index contributed by atoms with van der Waals surface area (Å²) >= 11 is 5.73. The molecule has 0 aromatic heterocycles. The largest absolute Gasteiger partial charge is 0.481 e. The molecule has 6 unspecified atom stereocenters. The molecule has 110 heavy (non-hydrogen) atoms. The molecule has 17 nitrogen and oxygen atoms in total. The van der Waals surface area contributed by atoms with E-state index in [9.17, 15) is 28.8 Å². The van der Waals surface area contributed by atoms with Crippen LogP contribution in [0.1, 0.15) is 225 Å². The summed E-state index contributed by atoms with van der Waals surface area (Å²) in [5.41, 5.74) is 10.4. The number of allylic oxidation sites excluding steroid dienone is 2. The third kappa shape index (κ3) is 38.8. The highest BCUT2D eigenvalue weighted by Crippen LogP contribution is 2.36. The molecule has 5 aliphatic rings. The normalized spacial score (nSPS) is 20.9. The number of aliphatic hydroxyl groups is 1. The second-order valence-electron chi connectivity index (χ2n) is 31.9. The fourth-order valence-corrected chi connectivity index (χ4v) is 16.3. The van der Waals surface area contributed by atoms with Crippen LogP contribution in [0.2, 0.25) is 0 Å². The standard InChI is InChI=1S/C18H27NO2.C18H25NO.C17H25NO2.C13H16INO.C10H21NO3.C10H19NO2.C5H9Br/c1-14(9-10-21-3)11-16-12-18(20)19(13-16)15(2)17-7-5-4-6-8-17;1-4-8-14(2)11-16-12-18(20)19(13-16)15(3)17-9-6-5-7-10-17;1-13(8-9-19)10-15-11-17(20)18(12-15)14(2)16-6-4-3-5-7-16;1-10(12-5-3-2-4-6-12)15-9-11(8-14)7-13(15)16;1-8(3-4-14-2)5-9(7-11)6-10(12)13;1-8(3-4-13-2)5-9-6-10(12)11-7-9;1-3-4-5(2)6/h4-8,14-16H,9-13H2,1-3H3;4-7,9-10,14-16H,1,8,11-13H2,2-3H3;3-7,13-15,19H,8-12H2,1-2H3;2-6,10-11H,7-9H2,1H3;8-9H,3-7,11H2,1-2H3,(H,12,13);8-9H,3-7H2,1-2H3,(H,11,12);3,5H,1,4H2,2H3/t2*14?,15-,16-;13?,14-,15-;10-,11+;2*8?,9-;/m000000./s1. The number of rotatable bonds is 37. The quantitative estimate of drug-likeness (QED) is 0.0188. The zero-order chi connectivity index (χ0) is 81.5. The number of benzene rings is 4. The van der Waals surface area contributed by atoms with E-state index in [1.54, 1.807) is 21.3 Å². The van der Waals surface area contributed by atoms with E-state index in [-0.39, 0.29) is 54.9 Å². The number of likely N-dealkylation sites (tertiary alicyclic amines) is 4. The molecule has 9 rings (SSSR count). The molecule has 5 N–H and O–H groups in total. The lowest BCUT2D eigenvalue weighted by Gasteiger charge is -2.25. The number of hydrogen-bond acceptors (Lipinski definition) is 11. The Kier molecular flexibility index (Phi) is 50.5. The Morgan fingerprint density at radius 3 is 1.09 bits per heavy atom. The number of carbonyl (C=O) groups excluding carboxylic acids is 5. The van der Waals surface area contributed by atoms with Gasteiger partial charge in [-0.05, 0) is 192 Å². The predicted octanol–water partition coefficient (Wildman–Crippen LogP) is 18.5. The van der Waals surface area contributed by atoms with Gasteiger partial charge in [0, 0.05) is 128 Å². The zero-order valence-corrected chi connectivity index (χ0v) is 73.1. The van der Waals surface area contributed by atoms with Crippen molar-refractivity contribution in [2.45, 2.75) is 207 Å². The van der Waals surface area contributed by atoms with E-state index < -0.39 is 5.97 Å². The molecule has 5 saturated heterocycles. The van der Waals surface area contributed by atoms with Gasteiger partial charge >= 0.3 is 5.97 Å². The molecule has 0 radical (unpaired) electrons. The third-order valence-corrected chi connectivity index (χ3v) is 23.5. The first-order valence-electron chi connectivity index (χ1n) is 40.7. The molecule has 5 fully saturated rings. The summed E-state index contributed by atoms with van der Waals surface area (Å²) in [5, 5.41) is 20.5. The number of aliphatic carboxylic acids is 1. The number of nitrogens with one attached hydrogen (secondary N) is 1. The van der Waals surface area contributed by atoms with Crippen LogP contribution in [0.15, 0.2) is 147 Å². The third-order valence-electron chi connectivity index (χ3n) is 21.8. The summed E-state index contributed by atoms with van der Waals surface area (Å²) in [6, 6.07) is 41.8. The summed E-state index contributed by atoms with van der Waals surface area (Å²) in [7, 11) is 5.15. The summed E-state index contributed by atoms with van der Waals surface area (Å²) in [6.07, 6.45) is 18.9. The topological polar surface area (TPSA) is 222 Å². The molecule has 616 valence electrons. The fourth-order valence-electron chi connectivity index (χ4n) is 15.4. The Morgan fingerprint density at radius 2 is 0.818 bits per heavy atom. The maximum Gasteiger partial charge on any atom is 0.303 e. The number of hydrogen-bond donors (Lipinski definition) is 4. The minimum atomic E-state index is -0.764. The van der Waals surface area contributed by atoms with Crippen LogP contribution in [0.25, 0.3) is 0 Å². The van der Waals surface area contributed by atoms with E-state index in [0.29, 0.717) is 108 Å². The number of halogens is 2. The SMILES string of the molecule is C=CCC(C)Br.C=CCC(C)C[C@H]1CC(=O)N([C@@H](C)c2ccccc2)C1.CC(CCO)C[C@H]1CC(=O)N([C@@H](C)c2ccccc2)C1.COCCC(C)C[C@@H]1CNC(=O)C1.COCCC(C)C[C@H](CN)CC(=O)O.COCCC(C)C[C@H]1CC(=O)N([C@@H](C)c2ccccc2)C1.C[C@@H](c1ccccc1)N1C[C@@H](CI)CC1=O. The van der Waals surface area contributed by atoms with Crippen LogP contribution in [0.4, 0.5) is 0 Å². The number of carboxylic acid groups (broad SMARTS) is 1. The van der Waals surface area contributed by atoms with Crippen LogP contribution in [0, 0.1) is 65.1 Å². The van der Waals surface area contributed by atoms with E-state index in [1.807, 2.05) is 105 Å². The molecular weight excluding hydrogens is 1560 g/mol. The Morgan fingerprint density at radius 1 is 0.500 bits per heavy atom. The first-order chi connectivity index (χ1) is 52.6. The van der Waals surface area contributed by atoms with Gasteiger partial charge in [0.05, 0.1) is 24.2 Å². The van der Waals surface area contributed by atoms with Gasteiger partial charge in [-0.15, -0.1) is 13.2 Å². The summed E-state index contributed by atoms with van der Waals surface area (Å²) in [5.74, 6) is 6.13. The maximum atomic E-state index is 12.3. The number of ether oxygens (including phenoxy) is 3. The van der Waals surface area contributed by atoms with Gasteiger partial charge in [-0.1, -0.05) is 214 Å². The Bertz CT molecular complexity index is 3180. The lowest BCUT2D eigenvalue weighted by molar-refractivity contribution is -0.138. The average Bonchev–Trinajstić information content (AvgIpc) is 1.70. The van der Waals surface area contributed by atoms with Crippen LogP contribution in [-0.4, -0.2) is 162 Å². The van der Waals surface area contributed by atoms with Gasteiger partial charge in [-0.3, -0.25) is 28.8 Å². The lowest BCUT2D eigenvalue weighted by Crippen LogP contribution is -2.28. The molecule has 19 heteroatoms. The Labute approximate surface area is 686 Å². The highest BCUT2D eigenvalue weighted by atomic mass is 127. The molecule has 5 amide bonds. The van der Waals surface area contributed by atoms with Gasteiger partial charge < -0.3 is 55.1 Å². The minimum Gasteiger partial charge on any atom is -0.481 e. The van der Waals surface area contributed by atoms with Gasteiger partial charge in [-0.25, -0.2) is 0 Å². The molecule has 0 spiro atoms. The number of methoxy groups -OCH3 is 3. The number of amides is 5. The van der Waals surface area contributed by atoms with Crippen LogP contribution < -0.4 is 11.1 Å². The lowest BCUT2D eigenvalue weighted by atomic mass is 9.91. The van der Waals surface area contributed by atoms with E-state index in [1.165, 1.54) is 22.3 Å². The van der Waals surface area contributed by atoms with Crippen molar-refractivity contribution in [1.82, 2.24) is 24.9 Å².